The smallest absolute Gasteiger partial charge is 0.289 e. The van der Waals surface area contributed by atoms with Gasteiger partial charge in [0.15, 0.2) is 5.58 Å². The molecule has 0 atom stereocenters. The average Bonchev–Trinajstić information content (AvgIpc) is 2.86. The molecular formula is C11H9N3O3S. The van der Waals surface area contributed by atoms with Gasteiger partial charge < -0.3 is 10.2 Å². The van der Waals surface area contributed by atoms with Crippen molar-refractivity contribution in [2.45, 2.75) is 6.54 Å². The Hall–Kier alpha value is -2.02. The Bertz CT molecular complexity index is 636. The van der Waals surface area contributed by atoms with Crippen molar-refractivity contribution in [3.63, 3.8) is 0 Å². The third-order valence-electron chi connectivity index (χ3n) is 2.59. The van der Waals surface area contributed by atoms with Crippen molar-refractivity contribution in [1.29, 1.82) is 0 Å². The van der Waals surface area contributed by atoms with E-state index in [2.05, 4.69) is 4.98 Å². The van der Waals surface area contributed by atoms with Crippen molar-refractivity contribution in [2.75, 3.05) is 11.5 Å². The Morgan fingerprint density at radius 1 is 1.44 bits per heavy atom. The van der Waals surface area contributed by atoms with E-state index in [1.807, 2.05) is 0 Å². The van der Waals surface area contributed by atoms with Crippen LogP contribution in [0.2, 0.25) is 0 Å². The zero-order chi connectivity index (χ0) is 12.7. The molecule has 0 saturated carbocycles. The molecule has 0 unspecified atom stereocenters. The van der Waals surface area contributed by atoms with Gasteiger partial charge in [-0.25, -0.2) is 4.98 Å². The molecule has 1 aliphatic rings. The molecular weight excluding hydrogens is 254 g/mol. The quantitative estimate of drug-likeness (QED) is 0.828. The van der Waals surface area contributed by atoms with Crippen molar-refractivity contribution in [3.8, 4) is 0 Å². The molecule has 7 heteroatoms. The van der Waals surface area contributed by atoms with Crippen LogP contribution in [0.3, 0.4) is 0 Å². The minimum absolute atomic E-state index is 0.0687. The molecule has 0 spiro atoms. The Morgan fingerprint density at radius 3 is 3.00 bits per heavy atom. The van der Waals surface area contributed by atoms with Crippen LogP contribution in [0, 0.1) is 0 Å². The molecule has 0 radical (unpaired) electrons. The number of nitrogen functional groups attached to an aromatic ring is 1. The first-order chi connectivity index (χ1) is 8.63. The lowest BCUT2D eigenvalue weighted by Gasteiger charge is -2.08. The number of thioether (sulfide) groups is 1. The maximum absolute atomic E-state index is 11.5. The summed E-state index contributed by atoms with van der Waals surface area (Å²) < 4.78 is 5.46. The summed E-state index contributed by atoms with van der Waals surface area (Å²) in [4.78, 5) is 28.2. The van der Waals surface area contributed by atoms with Gasteiger partial charge in [-0.3, -0.25) is 14.5 Å². The first-order valence-corrected chi connectivity index (χ1v) is 6.24. The number of amides is 2. The minimum atomic E-state index is -0.262. The number of nitrogens with zero attached hydrogens (tertiary/aromatic N) is 2. The van der Waals surface area contributed by atoms with Gasteiger partial charge in [-0.05, 0) is 18.2 Å². The lowest BCUT2D eigenvalue weighted by molar-refractivity contribution is -0.125. The van der Waals surface area contributed by atoms with Gasteiger partial charge in [-0.15, -0.1) is 0 Å². The van der Waals surface area contributed by atoms with E-state index in [-0.39, 0.29) is 23.4 Å². The minimum Gasteiger partial charge on any atom is -0.439 e. The SMILES string of the molecule is Nc1ccc2oc(CN3C(=O)CSC3=O)nc2c1. The number of nitrogens with two attached hydrogens (primary N) is 1. The molecule has 6 nitrogen and oxygen atoms in total. The van der Waals surface area contributed by atoms with Gasteiger partial charge in [0.1, 0.15) is 12.1 Å². The van der Waals surface area contributed by atoms with Crippen LogP contribution in [0.4, 0.5) is 10.5 Å². The second kappa shape index (κ2) is 4.02. The van der Waals surface area contributed by atoms with E-state index >= 15 is 0 Å². The Kier molecular flexibility index (Phi) is 2.48. The summed E-state index contributed by atoms with van der Waals surface area (Å²) in [6, 6.07) is 5.10. The van der Waals surface area contributed by atoms with Crippen LogP contribution in [-0.2, 0) is 11.3 Å². The highest BCUT2D eigenvalue weighted by atomic mass is 32.2. The molecule has 1 saturated heterocycles. The lowest BCUT2D eigenvalue weighted by atomic mass is 10.3. The summed E-state index contributed by atoms with van der Waals surface area (Å²) in [6.45, 7) is 0.0687. The maximum atomic E-state index is 11.5. The highest BCUT2D eigenvalue weighted by Gasteiger charge is 2.31. The fourth-order valence-electron chi connectivity index (χ4n) is 1.73. The number of carbonyl (C=O) groups is 2. The molecule has 2 N–H and O–H groups in total. The number of hydrogen-bond acceptors (Lipinski definition) is 6. The number of rotatable bonds is 2. The normalized spacial score (nSPS) is 15.9. The zero-order valence-electron chi connectivity index (χ0n) is 9.25. The van der Waals surface area contributed by atoms with Crippen LogP contribution in [0.15, 0.2) is 22.6 Å². The summed E-state index contributed by atoms with van der Waals surface area (Å²) in [7, 11) is 0. The van der Waals surface area contributed by atoms with Gasteiger partial charge in [0.2, 0.25) is 11.8 Å². The molecule has 2 amide bonds. The predicted octanol–water partition coefficient (Wildman–Crippen LogP) is 1.61. The number of oxazole rings is 1. The van der Waals surface area contributed by atoms with E-state index in [4.69, 9.17) is 10.2 Å². The fourth-order valence-corrected chi connectivity index (χ4v) is 2.45. The molecule has 0 aliphatic carbocycles. The van der Waals surface area contributed by atoms with Crippen LogP contribution in [-0.4, -0.2) is 26.8 Å². The molecule has 1 aliphatic heterocycles. The highest BCUT2D eigenvalue weighted by molar-refractivity contribution is 8.14. The van der Waals surface area contributed by atoms with Gasteiger partial charge in [-0.1, -0.05) is 11.8 Å². The van der Waals surface area contributed by atoms with Crippen molar-refractivity contribution in [3.05, 3.63) is 24.1 Å². The number of benzene rings is 1. The van der Waals surface area contributed by atoms with Crippen molar-refractivity contribution >= 4 is 39.7 Å². The van der Waals surface area contributed by atoms with E-state index in [1.54, 1.807) is 18.2 Å². The summed E-state index contributed by atoms with van der Waals surface area (Å²) in [5.74, 6) is 0.304. The first-order valence-electron chi connectivity index (χ1n) is 5.25. The maximum Gasteiger partial charge on any atom is 0.289 e. The predicted molar refractivity (Wildman–Crippen MR) is 66.8 cm³/mol. The van der Waals surface area contributed by atoms with Gasteiger partial charge in [0.05, 0.1) is 5.75 Å². The lowest BCUT2D eigenvalue weighted by Crippen LogP contribution is -2.27. The molecule has 0 bridgehead atoms. The molecule has 1 aromatic carbocycles. The van der Waals surface area contributed by atoms with E-state index in [0.29, 0.717) is 22.7 Å². The number of imide groups is 1. The standard InChI is InChI=1S/C11H9N3O3S/c12-6-1-2-8-7(3-6)13-9(17-8)4-14-10(15)5-18-11(14)16/h1-3H,4-5,12H2. The summed E-state index contributed by atoms with van der Waals surface area (Å²) in [6.07, 6.45) is 0. The van der Waals surface area contributed by atoms with Crippen molar-refractivity contribution < 1.29 is 14.0 Å². The van der Waals surface area contributed by atoms with Crippen molar-refractivity contribution in [1.82, 2.24) is 9.88 Å². The summed E-state index contributed by atoms with van der Waals surface area (Å²) in [5.41, 5.74) is 7.44. The largest absolute Gasteiger partial charge is 0.439 e. The summed E-state index contributed by atoms with van der Waals surface area (Å²) >= 11 is 0.990. The fraction of sp³-hybridized carbons (Fsp3) is 0.182. The second-order valence-electron chi connectivity index (χ2n) is 3.87. The Balaban J connectivity index is 1.91. The van der Waals surface area contributed by atoms with E-state index < -0.39 is 0 Å². The second-order valence-corrected chi connectivity index (χ2v) is 4.80. The topological polar surface area (TPSA) is 89.4 Å². The van der Waals surface area contributed by atoms with Gasteiger partial charge in [0, 0.05) is 5.69 Å². The first kappa shape index (κ1) is 11.1. The zero-order valence-corrected chi connectivity index (χ0v) is 10.1. The van der Waals surface area contributed by atoms with Gasteiger partial charge >= 0.3 is 0 Å². The van der Waals surface area contributed by atoms with Crippen LogP contribution < -0.4 is 5.73 Å². The molecule has 2 heterocycles. The van der Waals surface area contributed by atoms with E-state index in [9.17, 15) is 9.59 Å². The van der Waals surface area contributed by atoms with Gasteiger partial charge in [0.25, 0.3) is 5.24 Å². The number of hydrogen-bond donors (Lipinski definition) is 1. The summed E-state index contributed by atoms with van der Waals surface area (Å²) in [5, 5.41) is -0.262. The van der Waals surface area contributed by atoms with Crippen LogP contribution >= 0.6 is 11.8 Å². The van der Waals surface area contributed by atoms with Crippen molar-refractivity contribution in [2.24, 2.45) is 0 Å². The van der Waals surface area contributed by atoms with Crippen LogP contribution in [0.5, 0.6) is 0 Å². The van der Waals surface area contributed by atoms with Crippen LogP contribution in [0.25, 0.3) is 11.1 Å². The average molecular weight is 263 g/mol. The van der Waals surface area contributed by atoms with E-state index in [1.165, 1.54) is 0 Å². The monoisotopic (exact) mass is 263 g/mol. The molecule has 18 heavy (non-hydrogen) atoms. The van der Waals surface area contributed by atoms with E-state index in [0.717, 1.165) is 16.7 Å². The number of fused-ring (bicyclic) bond motifs is 1. The molecule has 2 aromatic rings. The van der Waals surface area contributed by atoms with Crippen LogP contribution in [0.1, 0.15) is 5.89 Å². The Labute approximate surface area is 106 Å². The number of aromatic nitrogens is 1. The Morgan fingerprint density at radius 2 is 2.28 bits per heavy atom. The number of anilines is 1. The molecule has 92 valence electrons. The molecule has 3 rings (SSSR count). The highest BCUT2D eigenvalue weighted by Crippen LogP contribution is 2.23. The number of carbonyl (C=O) groups excluding carboxylic acids is 2. The third kappa shape index (κ3) is 1.82. The molecule has 1 fully saturated rings. The molecule has 1 aromatic heterocycles. The third-order valence-corrected chi connectivity index (χ3v) is 3.45. The van der Waals surface area contributed by atoms with Gasteiger partial charge in [-0.2, -0.15) is 0 Å².